The van der Waals surface area contributed by atoms with Crippen molar-refractivity contribution < 1.29 is 4.39 Å². The first-order valence-corrected chi connectivity index (χ1v) is 6.71. The van der Waals surface area contributed by atoms with Crippen molar-refractivity contribution in [1.29, 1.82) is 0 Å². The van der Waals surface area contributed by atoms with E-state index in [4.69, 9.17) is 5.73 Å². The van der Waals surface area contributed by atoms with Crippen LogP contribution in [0.1, 0.15) is 11.3 Å². The van der Waals surface area contributed by atoms with Crippen molar-refractivity contribution >= 4 is 0 Å². The van der Waals surface area contributed by atoms with E-state index in [0.717, 1.165) is 5.56 Å². The summed E-state index contributed by atoms with van der Waals surface area (Å²) >= 11 is 0. The highest BCUT2D eigenvalue weighted by Gasteiger charge is 2.17. The lowest BCUT2D eigenvalue weighted by Gasteiger charge is -2.09. The highest BCUT2D eigenvalue weighted by molar-refractivity contribution is 5.62. The summed E-state index contributed by atoms with van der Waals surface area (Å²) in [6.45, 7) is 0.746. The second-order valence-electron chi connectivity index (χ2n) is 4.71. The van der Waals surface area contributed by atoms with E-state index < -0.39 is 0 Å². The van der Waals surface area contributed by atoms with Crippen LogP contribution in [-0.2, 0) is 13.1 Å². The fraction of sp³-hybridized carbons (Fsp3) is 0.125. The van der Waals surface area contributed by atoms with Gasteiger partial charge in [0.25, 0.3) is 0 Å². The van der Waals surface area contributed by atoms with Crippen molar-refractivity contribution in [2.45, 2.75) is 13.1 Å². The standard InChI is InChI=1S/C16H15FN4/c17-14-9-5-4-8-13(14)16-15(10-18)19-20-21(16)11-12-6-2-1-3-7-12/h1-9H,10-11,18H2. The molecule has 0 amide bonds. The van der Waals surface area contributed by atoms with Crippen LogP contribution in [0.2, 0.25) is 0 Å². The first-order valence-electron chi connectivity index (χ1n) is 6.71. The van der Waals surface area contributed by atoms with Gasteiger partial charge in [0, 0.05) is 12.1 Å². The summed E-state index contributed by atoms with van der Waals surface area (Å²) in [4.78, 5) is 0. The zero-order valence-corrected chi connectivity index (χ0v) is 11.4. The van der Waals surface area contributed by atoms with Crippen molar-refractivity contribution in [3.63, 3.8) is 0 Å². The Kier molecular flexibility index (Phi) is 3.75. The summed E-state index contributed by atoms with van der Waals surface area (Å²) in [6, 6.07) is 16.4. The van der Waals surface area contributed by atoms with Gasteiger partial charge >= 0.3 is 0 Å². The Balaban J connectivity index is 2.07. The number of halogens is 1. The molecule has 0 fully saturated rings. The summed E-state index contributed by atoms with van der Waals surface area (Å²) < 4.78 is 15.8. The Morgan fingerprint density at radius 1 is 1.00 bits per heavy atom. The van der Waals surface area contributed by atoms with E-state index in [2.05, 4.69) is 10.3 Å². The number of benzene rings is 2. The lowest BCUT2D eigenvalue weighted by molar-refractivity contribution is 0.620. The van der Waals surface area contributed by atoms with Crippen molar-refractivity contribution in [2.75, 3.05) is 0 Å². The Bertz CT molecular complexity index is 737. The number of nitrogens with two attached hydrogens (primary N) is 1. The van der Waals surface area contributed by atoms with Gasteiger partial charge in [-0.3, -0.25) is 0 Å². The summed E-state index contributed by atoms with van der Waals surface area (Å²) in [7, 11) is 0. The molecule has 0 atom stereocenters. The van der Waals surface area contributed by atoms with Gasteiger partial charge in [0.05, 0.1) is 12.2 Å². The molecule has 0 aliphatic rings. The van der Waals surface area contributed by atoms with Crippen LogP contribution in [0, 0.1) is 5.82 Å². The minimum absolute atomic E-state index is 0.221. The predicted octanol–water partition coefficient (Wildman–Crippen LogP) is 2.59. The first kappa shape index (κ1) is 13.5. The van der Waals surface area contributed by atoms with Crippen LogP contribution in [0.15, 0.2) is 54.6 Å². The molecule has 0 saturated carbocycles. The van der Waals surface area contributed by atoms with Crippen molar-refractivity contribution in [1.82, 2.24) is 15.0 Å². The molecule has 1 aromatic heterocycles. The molecule has 0 aliphatic heterocycles. The molecule has 2 aromatic carbocycles. The molecule has 0 radical (unpaired) electrons. The van der Waals surface area contributed by atoms with Gasteiger partial charge in [-0.05, 0) is 17.7 Å². The maximum Gasteiger partial charge on any atom is 0.132 e. The number of rotatable bonds is 4. The molecule has 5 heteroatoms. The maximum atomic E-state index is 14.1. The van der Waals surface area contributed by atoms with E-state index in [1.165, 1.54) is 6.07 Å². The summed E-state index contributed by atoms with van der Waals surface area (Å²) in [5, 5.41) is 8.19. The average molecular weight is 282 g/mol. The second-order valence-corrected chi connectivity index (χ2v) is 4.71. The van der Waals surface area contributed by atoms with E-state index >= 15 is 0 Å². The van der Waals surface area contributed by atoms with Gasteiger partial charge < -0.3 is 5.73 Å². The van der Waals surface area contributed by atoms with Crippen molar-refractivity contribution in [3.8, 4) is 11.3 Å². The molecule has 0 saturated heterocycles. The van der Waals surface area contributed by atoms with Crippen LogP contribution in [0.3, 0.4) is 0 Å². The highest BCUT2D eigenvalue weighted by atomic mass is 19.1. The fourth-order valence-electron chi connectivity index (χ4n) is 2.30. The number of hydrogen-bond acceptors (Lipinski definition) is 3. The number of nitrogens with zero attached hydrogens (tertiary/aromatic N) is 3. The molecule has 21 heavy (non-hydrogen) atoms. The highest BCUT2D eigenvalue weighted by Crippen LogP contribution is 2.25. The molecule has 1 heterocycles. The Labute approximate surface area is 122 Å². The maximum absolute atomic E-state index is 14.1. The van der Waals surface area contributed by atoms with Gasteiger partial charge in [-0.2, -0.15) is 0 Å². The van der Waals surface area contributed by atoms with Crippen molar-refractivity contribution in [3.05, 3.63) is 71.7 Å². The number of aromatic nitrogens is 3. The topological polar surface area (TPSA) is 56.7 Å². The van der Waals surface area contributed by atoms with E-state index in [1.807, 2.05) is 30.3 Å². The summed E-state index contributed by atoms with van der Waals surface area (Å²) in [5.74, 6) is -0.302. The molecular weight excluding hydrogens is 267 g/mol. The van der Waals surface area contributed by atoms with Crippen LogP contribution in [0.4, 0.5) is 4.39 Å². The zero-order valence-electron chi connectivity index (χ0n) is 11.4. The Morgan fingerprint density at radius 2 is 1.71 bits per heavy atom. The number of hydrogen-bond donors (Lipinski definition) is 1. The van der Waals surface area contributed by atoms with E-state index in [9.17, 15) is 4.39 Å². The third-order valence-corrected chi connectivity index (χ3v) is 3.30. The SMILES string of the molecule is NCc1nnn(Cc2ccccc2)c1-c1ccccc1F. The van der Waals surface area contributed by atoms with Gasteiger partial charge in [-0.1, -0.05) is 47.7 Å². The minimum Gasteiger partial charge on any atom is -0.325 e. The quantitative estimate of drug-likeness (QED) is 0.800. The minimum atomic E-state index is -0.302. The Morgan fingerprint density at radius 3 is 2.43 bits per heavy atom. The molecule has 2 N–H and O–H groups in total. The lowest BCUT2D eigenvalue weighted by Crippen LogP contribution is -2.06. The van der Waals surface area contributed by atoms with Crippen LogP contribution >= 0.6 is 0 Å². The molecule has 0 bridgehead atoms. The van der Waals surface area contributed by atoms with Crippen LogP contribution in [-0.4, -0.2) is 15.0 Å². The molecular formula is C16H15FN4. The van der Waals surface area contributed by atoms with E-state index in [1.54, 1.807) is 22.9 Å². The van der Waals surface area contributed by atoms with Crippen LogP contribution in [0.5, 0.6) is 0 Å². The Hall–Kier alpha value is -2.53. The molecule has 4 nitrogen and oxygen atoms in total. The predicted molar refractivity (Wildman–Crippen MR) is 78.9 cm³/mol. The molecule has 0 aliphatic carbocycles. The van der Waals surface area contributed by atoms with Crippen LogP contribution in [0.25, 0.3) is 11.3 Å². The zero-order chi connectivity index (χ0) is 14.7. The fourth-order valence-corrected chi connectivity index (χ4v) is 2.30. The van der Waals surface area contributed by atoms with Gasteiger partial charge in [0.1, 0.15) is 11.5 Å². The third-order valence-electron chi connectivity index (χ3n) is 3.30. The molecule has 3 rings (SSSR count). The second kappa shape index (κ2) is 5.85. The van der Waals surface area contributed by atoms with Crippen molar-refractivity contribution in [2.24, 2.45) is 5.73 Å². The molecule has 0 unspecified atom stereocenters. The van der Waals surface area contributed by atoms with Gasteiger partial charge in [0.15, 0.2) is 0 Å². The summed E-state index contributed by atoms with van der Waals surface area (Å²) in [6.07, 6.45) is 0. The smallest absolute Gasteiger partial charge is 0.132 e. The molecule has 0 spiro atoms. The first-order chi connectivity index (χ1) is 10.3. The largest absolute Gasteiger partial charge is 0.325 e. The van der Waals surface area contributed by atoms with Gasteiger partial charge in [-0.15, -0.1) is 5.10 Å². The van der Waals surface area contributed by atoms with Gasteiger partial charge in [-0.25, -0.2) is 9.07 Å². The monoisotopic (exact) mass is 282 g/mol. The average Bonchev–Trinajstić information content (AvgIpc) is 2.91. The van der Waals surface area contributed by atoms with E-state index in [0.29, 0.717) is 23.5 Å². The van der Waals surface area contributed by atoms with Crippen LogP contribution < -0.4 is 5.73 Å². The molecule has 3 aromatic rings. The molecule has 106 valence electrons. The van der Waals surface area contributed by atoms with E-state index in [-0.39, 0.29) is 12.4 Å². The third kappa shape index (κ3) is 2.68. The van der Waals surface area contributed by atoms with Gasteiger partial charge in [0.2, 0.25) is 0 Å². The lowest BCUT2D eigenvalue weighted by atomic mass is 10.1. The summed E-state index contributed by atoms with van der Waals surface area (Å²) in [5.41, 5.74) is 8.48. The normalized spacial score (nSPS) is 10.8.